The molecule has 1 aromatic rings. The molecule has 0 unspecified atom stereocenters. The van der Waals surface area contributed by atoms with Crippen LogP contribution in [0.25, 0.3) is 0 Å². The van der Waals surface area contributed by atoms with Gasteiger partial charge in [-0.15, -0.1) is 0 Å². The van der Waals surface area contributed by atoms with Crippen molar-refractivity contribution in [3.05, 3.63) is 23.2 Å². The molecule has 2 rings (SSSR count). The van der Waals surface area contributed by atoms with E-state index in [0.29, 0.717) is 29.5 Å². The Bertz CT molecular complexity index is 395. The molecule has 1 heterocycles. The lowest BCUT2D eigenvalue weighted by Gasteiger charge is -2.17. The zero-order valence-electron chi connectivity index (χ0n) is 8.29. The van der Waals surface area contributed by atoms with Crippen LogP contribution in [0.15, 0.2) is 18.2 Å². The summed E-state index contributed by atoms with van der Waals surface area (Å²) < 4.78 is 5.18. The summed E-state index contributed by atoms with van der Waals surface area (Å²) in [4.78, 5) is 13.1. The van der Waals surface area contributed by atoms with Crippen molar-refractivity contribution in [1.29, 1.82) is 0 Å². The molecule has 4 nitrogen and oxygen atoms in total. The number of ether oxygens (including phenoxy) is 1. The number of methoxy groups -OCH3 is 1. The third-order valence-electron chi connectivity index (χ3n) is 2.29. The van der Waals surface area contributed by atoms with Crippen molar-refractivity contribution >= 4 is 23.3 Å². The third kappa shape index (κ3) is 1.85. The van der Waals surface area contributed by atoms with Gasteiger partial charge in [-0.2, -0.15) is 0 Å². The number of urea groups is 1. The molecule has 1 fully saturated rings. The lowest BCUT2D eigenvalue weighted by molar-refractivity contribution is 0.252. The Balaban J connectivity index is 2.40. The number of amides is 2. The molecular weight excluding hydrogens is 216 g/mol. The second-order valence-corrected chi connectivity index (χ2v) is 3.64. The summed E-state index contributed by atoms with van der Waals surface area (Å²) >= 11 is 5.89. The van der Waals surface area contributed by atoms with E-state index in [0.717, 1.165) is 0 Å². The molecule has 2 amide bonds. The molecule has 0 aliphatic carbocycles. The Kier molecular flexibility index (Phi) is 2.68. The fourth-order valence-corrected chi connectivity index (χ4v) is 1.74. The van der Waals surface area contributed by atoms with Crippen LogP contribution < -0.4 is 15.0 Å². The quantitative estimate of drug-likeness (QED) is 0.837. The smallest absolute Gasteiger partial charge is 0.322 e. The van der Waals surface area contributed by atoms with Crippen LogP contribution in [0.4, 0.5) is 10.5 Å². The van der Waals surface area contributed by atoms with Crippen molar-refractivity contribution in [2.24, 2.45) is 0 Å². The molecule has 0 radical (unpaired) electrons. The highest BCUT2D eigenvalue weighted by atomic mass is 35.5. The predicted molar refractivity (Wildman–Crippen MR) is 58.7 cm³/mol. The van der Waals surface area contributed by atoms with Gasteiger partial charge in [-0.3, -0.25) is 4.90 Å². The first-order valence-electron chi connectivity index (χ1n) is 4.61. The van der Waals surface area contributed by atoms with E-state index in [4.69, 9.17) is 16.3 Å². The minimum atomic E-state index is -0.115. The van der Waals surface area contributed by atoms with Crippen LogP contribution in [0.3, 0.4) is 0 Å². The molecule has 1 aromatic carbocycles. The minimum absolute atomic E-state index is 0.115. The standard InChI is InChI=1S/C10H11ClN2O2/c1-15-9-3-2-7(11)6-8(9)13-5-4-12-10(13)14/h2-3,6H,4-5H2,1H3,(H,12,14). The number of carbonyl (C=O) groups excluding carboxylic acids is 1. The number of hydrogen-bond acceptors (Lipinski definition) is 2. The lowest BCUT2D eigenvalue weighted by atomic mass is 10.2. The number of nitrogens with one attached hydrogen (secondary N) is 1. The molecule has 0 spiro atoms. The highest BCUT2D eigenvalue weighted by molar-refractivity contribution is 6.31. The summed E-state index contributed by atoms with van der Waals surface area (Å²) in [6, 6.07) is 5.10. The molecule has 1 aliphatic rings. The number of rotatable bonds is 2. The molecule has 15 heavy (non-hydrogen) atoms. The number of hydrogen-bond donors (Lipinski definition) is 1. The number of nitrogens with zero attached hydrogens (tertiary/aromatic N) is 1. The van der Waals surface area contributed by atoms with Crippen LogP contribution in [0.5, 0.6) is 5.75 Å². The summed E-state index contributed by atoms with van der Waals surface area (Å²) in [7, 11) is 1.57. The zero-order chi connectivity index (χ0) is 10.8. The predicted octanol–water partition coefficient (Wildman–Crippen LogP) is 1.88. The molecule has 0 aromatic heterocycles. The lowest BCUT2D eigenvalue weighted by Crippen LogP contribution is -2.28. The van der Waals surface area contributed by atoms with Gasteiger partial charge in [0, 0.05) is 18.1 Å². The molecule has 5 heteroatoms. The molecule has 0 bridgehead atoms. The van der Waals surface area contributed by atoms with Gasteiger partial charge in [-0.05, 0) is 18.2 Å². The van der Waals surface area contributed by atoms with Gasteiger partial charge in [0.15, 0.2) is 0 Å². The van der Waals surface area contributed by atoms with Gasteiger partial charge in [0.25, 0.3) is 0 Å². The van der Waals surface area contributed by atoms with E-state index in [9.17, 15) is 4.79 Å². The Morgan fingerprint density at radius 3 is 2.93 bits per heavy atom. The Hall–Kier alpha value is -1.42. The van der Waals surface area contributed by atoms with E-state index in [1.165, 1.54) is 0 Å². The van der Waals surface area contributed by atoms with Crippen LogP contribution in [-0.2, 0) is 0 Å². The van der Waals surface area contributed by atoms with Crippen molar-refractivity contribution in [3.8, 4) is 5.75 Å². The monoisotopic (exact) mass is 226 g/mol. The topological polar surface area (TPSA) is 41.6 Å². The fourth-order valence-electron chi connectivity index (χ4n) is 1.58. The summed E-state index contributed by atoms with van der Waals surface area (Å²) in [6.07, 6.45) is 0. The first-order chi connectivity index (χ1) is 7.22. The van der Waals surface area contributed by atoms with E-state index in [1.807, 2.05) is 0 Å². The van der Waals surface area contributed by atoms with Gasteiger partial charge in [-0.1, -0.05) is 11.6 Å². The normalized spacial score (nSPS) is 15.3. The minimum Gasteiger partial charge on any atom is -0.495 e. The van der Waals surface area contributed by atoms with Gasteiger partial charge < -0.3 is 10.1 Å². The van der Waals surface area contributed by atoms with Crippen molar-refractivity contribution in [2.45, 2.75) is 0 Å². The van der Waals surface area contributed by atoms with Crippen molar-refractivity contribution in [1.82, 2.24) is 5.32 Å². The maximum absolute atomic E-state index is 11.5. The van der Waals surface area contributed by atoms with Gasteiger partial charge in [0.2, 0.25) is 0 Å². The molecule has 80 valence electrons. The van der Waals surface area contributed by atoms with Crippen molar-refractivity contribution < 1.29 is 9.53 Å². The van der Waals surface area contributed by atoms with E-state index in [1.54, 1.807) is 30.2 Å². The van der Waals surface area contributed by atoms with Gasteiger partial charge in [-0.25, -0.2) is 4.79 Å². The summed E-state index contributed by atoms with van der Waals surface area (Å²) in [5, 5.41) is 3.32. The molecule has 0 atom stereocenters. The zero-order valence-corrected chi connectivity index (χ0v) is 9.04. The average molecular weight is 227 g/mol. The average Bonchev–Trinajstić information content (AvgIpc) is 2.64. The van der Waals surface area contributed by atoms with Crippen LogP contribution in [0.1, 0.15) is 0 Å². The third-order valence-corrected chi connectivity index (χ3v) is 2.52. The van der Waals surface area contributed by atoms with E-state index in [-0.39, 0.29) is 6.03 Å². The second-order valence-electron chi connectivity index (χ2n) is 3.20. The van der Waals surface area contributed by atoms with E-state index in [2.05, 4.69) is 5.32 Å². The maximum Gasteiger partial charge on any atom is 0.322 e. The molecule has 1 aliphatic heterocycles. The van der Waals surface area contributed by atoms with Crippen LogP contribution in [0.2, 0.25) is 5.02 Å². The Labute approximate surface area is 92.8 Å². The largest absolute Gasteiger partial charge is 0.495 e. The SMILES string of the molecule is COc1ccc(Cl)cc1N1CCNC1=O. The van der Waals surface area contributed by atoms with Crippen LogP contribution in [-0.4, -0.2) is 26.2 Å². The number of carbonyl (C=O) groups is 1. The second kappa shape index (κ2) is 3.98. The van der Waals surface area contributed by atoms with Gasteiger partial charge >= 0.3 is 6.03 Å². The highest BCUT2D eigenvalue weighted by Gasteiger charge is 2.24. The maximum atomic E-state index is 11.5. The number of benzene rings is 1. The summed E-state index contributed by atoms with van der Waals surface area (Å²) in [5.41, 5.74) is 0.708. The van der Waals surface area contributed by atoms with E-state index >= 15 is 0 Å². The Morgan fingerprint density at radius 1 is 1.53 bits per heavy atom. The van der Waals surface area contributed by atoms with Crippen molar-refractivity contribution in [2.75, 3.05) is 25.1 Å². The van der Waals surface area contributed by atoms with Crippen LogP contribution in [0, 0.1) is 0 Å². The first-order valence-corrected chi connectivity index (χ1v) is 4.99. The Morgan fingerprint density at radius 2 is 2.33 bits per heavy atom. The highest BCUT2D eigenvalue weighted by Crippen LogP contribution is 2.31. The van der Waals surface area contributed by atoms with E-state index < -0.39 is 0 Å². The molecule has 0 saturated carbocycles. The van der Waals surface area contributed by atoms with Crippen molar-refractivity contribution in [3.63, 3.8) is 0 Å². The van der Waals surface area contributed by atoms with Gasteiger partial charge in [0.05, 0.1) is 12.8 Å². The number of anilines is 1. The first kappa shape index (κ1) is 10.1. The molecule has 1 saturated heterocycles. The molecule has 1 N–H and O–H groups in total. The number of halogens is 1. The fraction of sp³-hybridized carbons (Fsp3) is 0.300. The summed E-state index contributed by atoms with van der Waals surface area (Å²) in [6.45, 7) is 1.28. The van der Waals surface area contributed by atoms with Crippen LogP contribution >= 0.6 is 11.6 Å². The summed E-state index contributed by atoms with van der Waals surface area (Å²) in [5.74, 6) is 0.649. The molecular formula is C10H11ClN2O2. The van der Waals surface area contributed by atoms with Gasteiger partial charge in [0.1, 0.15) is 5.75 Å².